The van der Waals surface area contributed by atoms with Gasteiger partial charge in [-0.3, -0.25) is 0 Å². The Bertz CT molecular complexity index is 467. The fourth-order valence-electron chi connectivity index (χ4n) is 2.12. The SMILES string of the molecule is CCOC(=O)/C=C/c1c(C)c(C)c(C)c(C)c1C. The lowest BCUT2D eigenvalue weighted by Gasteiger charge is -2.16. The fourth-order valence-corrected chi connectivity index (χ4v) is 2.12. The molecule has 0 saturated carbocycles. The predicted octanol–water partition coefficient (Wildman–Crippen LogP) is 3.81. The minimum atomic E-state index is -0.285. The highest BCUT2D eigenvalue weighted by Crippen LogP contribution is 2.26. The van der Waals surface area contributed by atoms with Crippen molar-refractivity contribution < 1.29 is 9.53 Å². The number of benzene rings is 1. The summed E-state index contributed by atoms with van der Waals surface area (Å²) >= 11 is 0. The summed E-state index contributed by atoms with van der Waals surface area (Å²) in [4.78, 5) is 11.4. The molecule has 98 valence electrons. The number of hydrogen-bond acceptors (Lipinski definition) is 2. The average Bonchev–Trinajstić information content (AvgIpc) is 2.34. The van der Waals surface area contributed by atoms with E-state index >= 15 is 0 Å². The molecule has 0 amide bonds. The second kappa shape index (κ2) is 5.85. The number of carbonyl (C=O) groups is 1. The van der Waals surface area contributed by atoms with E-state index in [-0.39, 0.29) is 5.97 Å². The van der Waals surface area contributed by atoms with Crippen molar-refractivity contribution in [1.29, 1.82) is 0 Å². The van der Waals surface area contributed by atoms with E-state index in [2.05, 4.69) is 34.6 Å². The molecule has 18 heavy (non-hydrogen) atoms. The van der Waals surface area contributed by atoms with Gasteiger partial charge < -0.3 is 4.74 Å². The second-order valence-electron chi connectivity index (χ2n) is 4.62. The molecule has 0 radical (unpaired) electrons. The highest BCUT2D eigenvalue weighted by Gasteiger charge is 2.10. The van der Waals surface area contributed by atoms with Gasteiger partial charge in [0, 0.05) is 6.08 Å². The Morgan fingerprint density at radius 3 is 1.83 bits per heavy atom. The van der Waals surface area contributed by atoms with Crippen molar-refractivity contribution in [2.45, 2.75) is 41.5 Å². The van der Waals surface area contributed by atoms with Crippen LogP contribution in [0.5, 0.6) is 0 Å². The van der Waals surface area contributed by atoms with Gasteiger partial charge in [0.05, 0.1) is 6.61 Å². The monoisotopic (exact) mass is 246 g/mol. The summed E-state index contributed by atoms with van der Waals surface area (Å²) in [5.74, 6) is -0.285. The zero-order valence-electron chi connectivity index (χ0n) is 12.2. The number of esters is 1. The molecule has 0 aliphatic carbocycles. The molecule has 0 aliphatic heterocycles. The van der Waals surface area contributed by atoms with Crippen molar-refractivity contribution >= 4 is 12.0 Å². The van der Waals surface area contributed by atoms with Crippen molar-refractivity contribution in [3.8, 4) is 0 Å². The first-order chi connectivity index (χ1) is 8.40. The molecule has 0 aromatic heterocycles. The van der Waals surface area contributed by atoms with Crippen LogP contribution in [0.4, 0.5) is 0 Å². The number of ether oxygens (including phenoxy) is 1. The third-order valence-corrected chi connectivity index (χ3v) is 3.73. The van der Waals surface area contributed by atoms with Gasteiger partial charge in [0.2, 0.25) is 0 Å². The van der Waals surface area contributed by atoms with Crippen molar-refractivity contribution in [2.75, 3.05) is 6.61 Å². The minimum Gasteiger partial charge on any atom is -0.463 e. The van der Waals surface area contributed by atoms with Crippen LogP contribution in [0.15, 0.2) is 6.08 Å². The Morgan fingerprint density at radius 1 is 0.944 bits per heavy atom. The fraction of sp³-hybridized carbons (Fsp3) is 0.438. The van der Waals surface area contributed by atoms with Crippen LogP contribution < -0.4 is 0 Å². The molecule has 0 spiro atoms. The third-order valence-electron chi connectivity index (χ3n) is 3.73. The molecule has 2 heteroatoms. The molecule has 0 N–H and O–H groups in total. The van der Waals surface area contributed by atoms with Gasteiger partial charge in [-0.25, -0.2) is 4.79 Å². The quantitative estimate of drug-likeness (QED) is 0.599. The zero-order chi connectivity index (χ0) is 13.9. The maximum Gasteiger partial charge on any atom is 0.330 e. The van der Waals surface area contributed by atoms with Crippen LogP contribution in [0.2, 0.25) is 0 Å². The highest BCUT2D eigenvalue weighted by molar-refractivity contribution is 5.87. The summed E-state index contributed by atoms with van der Waals surface area (Å²) in [7, 11) is 0. The molecule has 0 fully saturated rings. The van der Waals surface area contributed by atoms with E-state index in [1.54, 1.807) is 0 Å². The molecule has 0 atom stereocenters. The molecular formula is C16H22O2. The van der Waals surface area contributed by atoms with Crippen LogP contribution in [0.1, 0.15) is 40.3 Å². The van der Waals surface area contributed by atoms with E-state index in [1.807, 2.05) is 13.0 Å². The molecular weight excluding hydrogens is 224 g/mol. The first kappa shape index (κ1) is 14.5. The Balaban J connectivity index is 3.22. The summed E-state index contributed by atoms with van der Waals surface area (Å²) in [6.45, 7) is 12.8. The lowest BCUT2D eigenvalue weighted by atomic mass is 9.89. The van der Waals surface area contributed by atoms with Crippen LogP contribution in [-0.4, -0.2) is 12.6 Å². The Hall–Kier alpha value is -1.57. The summed E-state index contributed by atoms with van der Waals surface area (Å²) in [6, 6.07) is 0. The summed E-state index contributed by atoms with van der Waals surface area (Å²) in [5, 5.41) is 0. The summed E-state index contributed by atoms with van der Waals surface area (Å²) in [6.07, 6.45) is 3.37. The van der Waals surface area contributed by atoms with Gasteiger partial charge in [-0.15, -0.1) is 0 Å². The smallest absolute Gasteiger partial charge is 0.330 e. The summed E-state index contributed by atoms with van der Waals surface area (Å²) in [5.41, 5.74) is 7.51. The van der Waals surface area contributed by atoms with Gasteiger partial charge >= 0.3 is 5.97 Å². The first-order valence-electron chi connectivity index (χ1n) is 6.31. The van der Waals surface area contributed by atoms with E-state index in [9.17, 15) is 4.79 Å². The highest BCUT2D eigenvalue weighted by atomic mass is 16.5. The standard InChI is InChI=1S/C16H22O2/c1-7-18-16(17)9-8-15-13(5)11(3)10(2)12(4)14(15)6/h8-9H,7H2,1-6H3/b9-8+. The van der Waals surface area contributed by atoms with Gasteiger partial charge in [-0.2, -0.15) is 0 Å². The van der Waals surface area contributed by atoms with Gasteiger partial charge in [0.1, 0.15) is 0 Å². The van der Waals surface area contributed by atoms with Gasteiger partial charge in [-0.05, 0) is 81.0 Å². The van der Waals surface area contributed by atoms with Crippen molar-refractivity contribution in [2.24, 2.45) is 0 Å². The summed E-state index contributed by atoms with van der Waals surface area (Å²) < 4.78 is 4.90. The van der Waals surface area contributed by atoms with Crippen molar-refractivity contribution in [3.05, 3.63) is 39.5 Å². The van der Waals surface area contributed by atoms with Crippen LogP contribution in [-0.2, 0) is 9.53 Å². The largest absolute Gasteiger partial charge is 0.463 e. The van der Waals surface area contributed by atoms with Crippen LogP contribution in [0.3, 0.4) is 0 Å². The Morgan fingerprint density at radius 2 is 1.39 bits per heavy atom. The molecule has 0 saturated heterocycles. The van der Waals surface area contributed by atoms with Crippen LogP contribution in [0, 0.1) is 34.6 Å². The maximum absolute atomic E-state index is 11.4. The topological polar surface area (TPSA) is 26.3 Å². The molecule has 1 rings (SSSR count). The maximum atomic E-state index is 11.4. The molecule has 0 bridgehead atoms. The molecule has 0 aliphatic rings. The predicted molar refractivity (Wildman–Crippen MR) is 75.8 cm³/mol. The van der Waals surface area contributed by atoms with Gasteiger partial charge in [0.15, 0.2) is 0 Å². The number of rotatable bonds is 3. The normalized spacial score (nSPS) is 11.0. The Kier molecular flexibility index (Phi) is 4.71. The number of carbonyl (C=O) groups excluding carboxylic acids is 1. The molecule has 1 aromatic carbocycles. The average molecular weight is 246 g/mol. The van der Waals surface area contributed by atoms with Crippen molar-refractivity contribution in [1.82, 2.24) is 0 Å². The van der Waals surface area contributed by atoms with E-state index in [0.717, 1.165) is 5.56 Å². The molecule has 0 heterocycles. The minimum absolute atomic E-state index is 0.285. The van der Waals surface area contributed by atoms with E-state index in [0.29, 0.717) is 6.61 Å². The first-order valence-corrected chi connectivity index (χ1v) is 6.31. The van der Waals surface area contributed by atoms with Gasteiger partial charge in [0.25, 0.3) is 0 Å². The molecule has 2 nitrogen and oxygen atoms in total. The number of hydrogen-bond donors (Lipinski definition) is 0. The van der Waals surface area contributed by atoms with Crippen LogP contribution >= 0.6 is 0 Å². The van der Waals surface area contributed by atoms with Crippen LogP contribution in [0.25, 0.3) is 6.08 Å². The molecule has 1 aromatic rings. The lowest BCUT2D eigenvalue weighted by molar-refractivity contribution is -0.137. The van der Waals surface area contributed by atoms with E-state index in [1.165, 1.54) is 33.9 Å². The Labute approximate surface area is 110 Å². The lowest BCUT2D eigenvalue weighted by Crippen LogP contribution is -2.01. The third kappa shape index (κ3) is 2.81. The van der Waals surface area contributed by atoms with Crippen molar-refractivity contribution in [3.63, 3.8) is 0 Å². The second-order valence-corrected chi connectivity index (χ2v) is 4.62. The zero-order valence-corrected chi connectivity index (χ0v) is 12.2. The van der Waals surface area contributed by atoms with E-state index in [4.69, 9.17) is 4.74 Å². The van der Waals surface area contributed by atoms with Gasteiger partial charge in [-0.1, -0.05) is 0 Å². The van der Waals surface area contributed by atoms with E-state index < -0.39 is 0 Å². The molecule has 0 unspecified atom stereocenters.